The topological polar surface area (TPSA) is 49.3 Å². The van der Waals surface area contributed by atoms with E-state index >= 15 is 0 Å². The lowest BCUT2D eigenvalue weighted by Crippen LogP contribution is -2.19. The number of carbonyl (C=O) groups is 1. The van der Waals surface area contributed by atoms with E-state index in [0.717, 1.165) is 5.56 Å². The van der Waals surface area contributed by atoms with Crippen molar-refractivity contribution in [3.63, 3.8) is 0 Å². The summed E-state index contributed by atoms with van der Waals surface area (Å²) in [6.45, 7) is 1.94. The molecule has 0 saturated heterocycles. The van der Waals surface area contributed by atoms with Gasteiger partial charge in [-0.1, -0.05) is 29.8 Å². The van der Waals surface area contributed by atoms with E-state index in [-0.39, 0.29) is 11.7 Å². The Bertz CT molecular complexity index is 388. The average molecular weight is 226 g/mol. The van der Waals surface area contributed by atoms with E-state index in [2.05, 4.69) is 5.32 Å². The average Bonchev–Trinajstić information content (AvgIpc) is 2.18. The second kappa shape index (κ2) is 5.41. The fourth-order valence-electron chi connectivity index (χ4n) is 1.02. The van der Waals surface area contributed by atoms with Crippen LogP contribution in [0.1, 0.15) is 12.5 Å². The molecule has 0 radical (unpaired) electrons. The minimum atomic E-state index is -0.0663. The summed E-state index contributed by atoms with van der Waals surface area (Å²) in [5.41, 5.74) is 0.878. The van der Waals surface area contributed by atoms with Crippen molar-refractivity contribution in [3.05, 3.63) is 34.9 Å². The summed E-state index contributed by atoms with van der Waals surface area (Å²) in [5, 5.41) is 12.1. The molecular weight excluding hydrogens is 214 g/mol. The van der Waals surface area contributed by atoms with Gasteiger partial charge in [-0.3, -0.25) is 4.79 Å². The van der Waals surface area contributed by atoms with E-state index in [1.807, 2.05) is 12.2 Å². The monoisotopic (exact) mass is 225 g/mol. The molecule has 0 heterocycles. The van der Waals surface area contributed by atoms with Gasteiger partial charge in [-0.15, -0.1) is 0 Å². The molecule has 0 spiro atoms. The number of benzene rings is 1. The quantitative estimate of drug-likeness (QED) is 0.829. The van der Waals surface area contributed by atoms with Crippen LogP contribution in [0.2, 0.25) is 5.02 Å². The Morgan fingerprint density at radius 1 is 1.60 bits per heavy atom. The van der Waals surface area contributed by atoms with Gasteiger partial charge in [0.05, 0.1) is 5.02 Å². The van der Waals surface area contributed by atoms with Gasteiger partial charge in [-0.05, 0) is 17.7 Å². The van der Waals surface area contributed by atoms with Crippen molar-refractivity contribution >= 4 is 23.6 Å². The maximum atomic E-state index is 10.6. The van der Waals surface area contributed by atoms with E-state index < -0.39 is 0 Å². The van der Waals surface area contributed by atoms with E-state index in [1.54, 1.807) is 12.1 Å². The van der Waals surface area contributed by atoms with Crippen molar-refractivity contribution in [3.8, 4) is 5.75 Å². The molecule has 0 aliphatic rings. The third-order valence-electron chi connectivity index (χ3n) is 1.75. The summed E-state index contributed by atoms with van der Waals surface area (Å²) in [6.07, 6.45) is 3.63. The maximum Gasteiger partial charge on any atom is 0.217 e. The molecule has 3 nitrogen and oxygen atoms in total. The summed E-state index contributed by atoms with van der Waals surface area (Å²) in [4.78, 5) is 10.6. The molecule has 0 bridgehead atoms. The Balaban J connectivity index is 2.57. The molecular formula is C11H12ClNO2. The number of phenols is 1. The summed E-state index contributed by atoms with van der Waals surface area (Å²) in [6, 6.07) is 4.92. The highest BCUT2D eigenvalue weighted by Crippen LogP contribution is 2.23. The lowest BCUT2D eigenvalue weighted by atomic mass is 10.2. The van der Waals surface area contributed by atoms with Gasteiger partial charge in [0, 0.05) is 13.5 Å². The lowest BCUT2D eigenvalue weighted by molar-refractivity contribution is -0.118. The molecule has 1 aromatic carbocycles. The van der Waals surface area contributed by atoms with Crippen LogP contribution in [0.3, 0.4) is 0 Å². The number of amides is 1. The van der Waals surface area contributed by atoms with Crippen LogP contribution in [-0.2, 0) is 4.79 Å². The lowest BCUT2D eigenvalue weighted by Gasteiger charge is -1.98. The number of aromatic hydroxyl groups is 1. The minimum absolute atomic E-state index is 0.0654. The first-order valence-corrected chi connectivity index (χ1v) is 4.87. The first-order chi connectivity index (χ1) is 7.09. The van der Waals surface area contributed by atoms with Gasteiger partial charge in [0.25, 0.3) is 0 Å². The maximum absolute atomic E-state index is 10.6. The van der Waals surface area contributed by atoms with E-state index in [4.69, 9.17) is 11.6 Å². The van der Waals surface area contributed by atoms with Crippen molar-refractivity contribution in [1.82, 2.24) is 5.32 Å². The predicted molar refractivity (Wildman–Crippen MR) is 60.8 cm³/mol. The predicted octanol–water partition coefficient (Wildman–Crippen LogP) is 2.19. The van der Waals surface area contributed by atoms with Gasteiger partial charge in [0.2, 0.25) is 5.91 Å². The number of phenolic OH excluding ortho intramolecular Hbond substituents is 1. The van der Waals surface area contributed by atoms with Crippen LogP contribution in [0, 0.1) is 0 Å². The standard InChI is InChI=1S/C11H12ClNO2/c1-8(14)13-6-2-3-9-4-5-11(15)10(12)7-9/h2-5,7,15H,6H2,1H3,(H,13,14). The second-order valence-electron chi connectivity index (χ2n) is 3.05. The number of hydrogen-bond donors (Lipinski definition) is 2. The van der Waals surface area contributed by atoms with Crippen LogP contribution >= 0.6 is 11.6 Å². The van der Waals surface area contributed by atoms with Crippen molar-refractivity contribution in [1.29, 1.82) is 0 Å². The van der Waals surface area contributed by atoms with Gasteiger partial charge in [0.1, 0.15) is 5.75 Å². The van der Waals surface area contributed by atoms with E-state index in [0.29, 0.717) is 11.6 Å². The summed E-state index contributed by atoms with van der Waals surface area (Å²) in [5.74, 6) is -0.000865. The van der Waals surface area contributed by atoms with Crippen LogP contribution in [0.15, 0.2) is 24.3 Å². The SMILES string of the molecule is CC(=O)NCC=Cc1ccc(O)c(Cl)c1. The molecule has 80 valence electrons. The molecule has 15 heavy (non-hydrogen) atoms. The number of rotatable bonds is 3. The first-order valence-electron chi connectivity index (χ1n) is 4.49. The summed E-state index contributed by atoms with van der Waals surface area (Å²) in [7, 11) is 0. The number of hydrogen-bond acceptors (Lipinski definition) is 2. The molecule has 0 aliphatic carbocycles. The Hall–Kier alpha value is -1.48. The van der Waals surface area contributed by atoms with Crippen LogP contribution in [-0.4, -0.2) is 17.6 Å². The molecule has 0 saturated carbocycles. The molecule has 0 aromatic heterocycles. The van der Waals surface area contributed by atoms with Crippen LogP contribution < -0.4 is 5.32 Å². The van der Waals surface area contributed by atoms with E-state index in [1.165, 1.54) is 13.0 Å². The number of nitrogens with one attached hydrogen (secondary N) is 1. The van der Waals surface area contributed by atoms with Crippen molar-refractivity contribution < 1.29 is 9.90 Å². The molecule has 0 unspecified atom stereocenters. The van der Waals surface area contributed by atoms with Gasteiger partial charge in [0.15, 0.2) is 0 Å². The first kappa shape index (κ1) is 11.6. The van der Waals surface area contributed by atoms with Crippen molar-refractivity contribution in [2.75, 3.05) is 6.54 Å². The molecule has 1 aromatic rings. The molecule has 0 aliphatic heterocycles. The van der Waals surface area contributed by atoms with Gasteiger partial charge >= 0.3 is 0 Å². The highest BCUT2D eigenvalue weighted by atomic mass is 35.5. The van der Waals surface area contributed by atoms with Crippen LogP contribution in [0.5, 0.6) is 5.75 Å². The normalized spacial score (nSPS) is 10.5. The number of carbonyl (C=O) groups excluding carboxylic acids is 1. The van der Waals surface area contributed by atoms with Gasteiger partial charge in [-0.2, -0.15) is 0 Å². The molecule has 0 fully saturated rings. The highest BCUT2D eigenvalue weighted by Gasteiger charge is 1.96. The molecule has 1 amide bonds. The van der Waals surface area contributed by atoms with Crippen molar-refractivity contribution in [2.45, 2.75) is 6.92 Å². The smallest absolute Gasteiger partial charge is 0.217 e. The zero-order valence-corrected chi connectivity index (χ0v) is 9.08. The fourth-order valence-corrected chi connectivity index (χ4v) is 1.21. The molecule has 2 N–H and O–H groups in total. The largest absolute Gasteiger partial charge is 0.506 e. The Morgan fingerprint density at radius 3 is 2.93 bits per heavy atom. The van der Waals surface area contributed by atoms with Gasteiger partial charge in [-0.25, -0.2) is 0 Å². The van der Waals surface area contributed by atoms with Crippen LogP contribution in [0.25, 0.3) is 6.08 Å². The third-order valence-corrected chi connectivity index (χ3v) is 2.05. The zero-order valence-electron chi connectivity index (χ0n) is 8.33. The summed E-state index contributed by atoms with van der Waals surface area (Å²) < 4.78 is 0. The van der Waals surface area contributed by atoms with E-state index in [9.17, 15) is 9.90 Å². The Kier molecular flexibility index (Phi) is 4.18. The number of halogens is 1. The minimum Gasteiger partial charge on any atom is -0.506 e. The molecule has 0 atom stereocenters. The Morgan fingerprint density at radius 2 is 2.33 bits per heavy atom. The zero-order chi connectivity index (χ0) is 11.3. The van der Waals surface area contributed by atoms with Crippen LogP contribution in [0.4, 0.5) is 0 Å². The second-order valence-corrected chi connectivity index (χ2v) is 3.46. The highest BCUT2D eigenvalue weighted by molar-refractivity contribution is 6.32. The Labute approximate surface area is 93.4 Å². The van der Waals surface area contributed by atoms with Crippen molar-refractivity contribution in [2.24, 2.45) is 0 Å². The third kappa shape index (κ3) is 4.04. The molecule has 4 heteroatoms. The summed E-state index contributed by atoms with van der Waals surface area (Å²) >= 11 is 5.72. The van der Waals surface area contributed by atoms with Gasteiger partial charge < -0.3 is 10.4 Å². The fraction of sp³-hybridized carbons (Fsp3) is 0.182. The molecule has 1 rings (SSSR count).